The summed E-state index contributed by atoms with van der Waals surface area (Å²) < 4.78 is 45.5. The molecule has 0 unspecified atom stereocenters. The highest BCUT2D eigenvalue weighted by Crippen LogP contribution is 2.34. The maximum absolute atomic E-state index is 14.8. The first-order valence-corrected chi connectivity index (χ1v) is 13.4. The number of fused-ring (bicyclic) bond motifs is 6. The van der Waals surface area contributed by atoms with Crippen molar-refractivity contribution in [2.45, 2.75) is 38.5 Å². The van der Waals surface area contributed by atoms with Crippen LogP contribution in [0.25, 0.3) is 11.1 Å². The summed E-state index contributed by atoms with van der Waals surface area (Å²) in [5, 5.41) is 5.86. The fourth-order valence-electron chi connectivity index (χ4n) is 3.61. The number of thioether (sulfide) groups is 1. The number of ether oxygens (including phenoxy) is 3. The van der Waals surface area contributed by atoms with Crippen molar-refractivity contribution in [3.05, 3.63) is 59.8 Å². The molecule has 0 saturated heterocycles. The van der Waals surface area contributed by atoms with Crippen LogP contribution in [0.15, 0.2) is 42.6 Å². The summed E-state index contributed by atoms with van der Waals surface area (Å²) in [6.07, 6.45) is 1.17. The van der Waals surface area contributed by atoms with Gasteiger partial charge in [0.25, 0.3) is 0 Å². The number of hydrogen-bond donors (Lipinski definition) is 2. The van der Waals surface area contributed by atoms with E-state index >= 15 is 0 Å². The van der Waals surface area contributed by atoms with Crippen LogP contribution in [0.1, 0.15) is 32.8 Å². The van der Waals surface area contributed by atoms with Crippen LogP contribution in [0, 0.1) is 11.6 Å². The van der Waals surface area contributed by atoms with Crippen LogP contribution in [0.3, 0.4) is 0 Å². The Kier molecular flexibility index (Phi) is 8.88. The van der Waals surface area contributed by atoms with Gasteiger partial charge in [0, 0.05) is 47.7 Å². The smallest absolute Gasteiger partial charge is 0.407 e. The number of carbonyl (C=O) groups is 1. The van der Waals surface area contributed by atoms with Gasteiger partial charge in [0.2, 0.25) is 5.88 Å². The van der Waals surface area contributed by atoms with E-state index in [4.69, 9.17) is 14.2 Å². The van der Waals surface area contributed by atoms with Gasteiger partial charge in [0.05, 0.1) is 19.4 Å². The molecule has 1 amide bonds. The number of nitrogens with zero attached hydrogens (tertiary/aromatic N) is 2. The van der Waals surface area contributed by atoms with Gasteiger partial charge in [0.1, 0.15) is 34.6 Å². The van der Waals surface area contributed by atoms with Crippen LogP contribution in [-0.2, 0) is 10.5 Å². The molecule has 1 aliphatic rings. The molecule has 1 aromatic carbocycles. The number of alkyl carbamates (subject to hydrolysis) is 1. The number of benzene rings is 1. The molecule has 4 bridgehead atoms. The van der Waals surface area contributed by atoms with Gasteiger partial charge in [-0.2, -0.15) is 16.7 Å². The molecule has 2 aromatic heterocycles. The lowest BCUT2D eigenvalue weighted by atomic mass is 10.0. The van der Waals surface area contributed by atoms with E-state index < -0.39 is 23.3 Å². The molecule has 4 rings (SSSR count). The molecule has 0 saturated carbocycles. The zero-order valence-corrected chi connectivity index (χ0v) is 22.3. The summed E-state index contributed by atoms with van der Waals surface area (Å²) in [6.45, 7) is 6.49. The van der Waals surface area contributed by atoms with Gasteiger partial charge in [-0.15, -0.1) is 0 Å². The zero-order chi connectivity index (χ0) is 27.1. The second-order valence-electron chi connectivity index (χ2n) is 9.55. The number of hydrogen-bond acceptors (Lipinski definition) is 8. The fraction of sp³-hybridized carbons (Fsp3) is 0.370. The second kappa shape index (κ2) is 12.3. The topological polar surface area (TPSA) is 94.6 Å². The number of halogens is 2. The first kappa shape index (κ1) is 27.4. The monoisotopic (exact) mass is 544 g/mol. The highest BCUT2D eigenvalue weighted by molar-refractivity contribution is 7.98. The Balaban J connectivity index is 1.49. The lowest BCUT2D eigenvalue weighted by Crippen LogP contribution is -2.33. The van der Waals surface area contributed by atoms with Gasteiger partial charge in [0.15, 0.2) is 0 Å². The van der Waals surface area contributed by atoms with Gasteiger partial charge in [-0.3, -0.25) is 0 Å². The molecule has 38 heavy (non-hydrogen) atoms. The standard InChI is InChI=1S/C27H30F2N4O4S/c1-27(2,3)37-26(34)30-7-10-38-16-17-11-24-32-23-14-20(21(29)15-31-23)19-6-5-18(28)13-22(19)35-8-4-9-36-25(12-17)33-24/h5-6,11-15H,4,7-10,16H2,1-3H3,(H,30,34)(H,31,32,33). The lowest BCUT2D eigenvalue weighted by molar-refractivity contribution is 0.0531. The van der Waals surface area contributed by atoms with Crippen LogP contribution >= 0.6 is 11.8 Å². The van der Waals surface area contributed by atoms with Crippen LogP contribution in [0.5, 0.6) is 11.6 Å². The number of rotatable bonds is 5. The van der Waals surface area contributed by atoms with E-state index in [9.17, 15) is 13.6 Å². The lowest BCUT2D eigenvalue weighted by Gasteiger charge is -2.19. The summed E-state index contributed by atoms with van der Waals surface area (Å²) in [5.74, 6) is 1.81. The van der Waals surface area contributed by atoms with E-state index in [1.54, 1.807) is 11.8 Å². The number of nitrogens with one attached hydrogen (secondary N) is 2. The average Bonchev–Trinajstić information content (AvgIpc) is 2.83. The number of carbonyl (C=O) groups excluding carboxylic acids is 1. The third kappa shape index (κ3) is 7.95. The first-order chi connectivity index (χ1) is 18.2. The van der Waals surface area contributed by atoms with Crippen molar-refractivity contribution in [2.75, 3.05) is 30.8 Å². The molecule has 0 atom stereocenters. The van der Waals surface area contributed by atoms with Crippen molar-refractivity contribution >= 4 is 29.5 Å². The van der Waals surface area contributed by atoms with Crippen LogP contribution < -0.4 is 20.1 Å². The minimum Gasteiger partial charge on any atom is -0.493 e. The van der Waals surface area contributed by atoms with Crippen molar-refractivity contribution in [2.24, 2.45) is 0 Å². The van der Waals surface area contributed by atoms with Gasteiger partial charge >= 0.3 is 6.09 Å². The minimum absolute atomic E-state index is 0.232. The Hall–Kier alpha value is -3.60. The van der Waals surface area contributed by atoms with Crippen molar-refractivity contribution in [3.63, 3.8) is 0 Å². The molecule has 0 fully saturated rings. The largest absolute Gasteiger partial charge is 0.493 e. The molecular formula is C27H30F2N4O4S. The van der Waals surface area contributed by atoms with Crippen molar-refractivity contribution in [1.82, 2.24) is 15.3 Å². The number of anilines is 2. The number of amides is 1. The Morgan fingerprint density at radius 3 is 2.74 bits per heavy atom. The van der Waals surface area contributed by atoms with Crippen LogP contribution in [0.4, 0.5) is 25.2 Å². The first-order valence-electron chi connectivity index (χ1n) is 12.2. The number of pyridine rings is 2. The summed E-state index contributed by atoms with van der Waals surface area (Å²) in [6, 6.07) is 9.24. The molecule has 3 aromatic rings. The van der Waals surface area contributed by atoms with E-state index in [1.165, 1.54) is 24.3 Å². The minimum atomic E-state index is -0.554. The molecule has 11 heteroatoms. The quantitative estimate of drug-likeness (QED) is 0.373. The van der Waals surface area contributed by atoms with E-state index in [-0.39, 0.29) is 17.9 Å². The van der Waals surface area contributed by atoms with Gasteiger partial charge in [-0.25, -0.2) is 18.6 Å². The van der Waals surface area contributed by atoms with Crippen molar-refractivity contribution in [1.29, 1.82) is 0 Å². The molecule has 1 aliphatic heterocycles. The van der Waals surface area contributed by atoms with Crippen LogP contribution in [-0.4, -0.2) is 47.2 Å². The second-order valence-corrected chi connectivity index (χ2v) is 10.7. The van der Waals surface area contributed by atoms with E-state index in [0.29, 0.717) is 54.2 Å². The van der Waals surface area contributed by atoms with E-state index in [1.807, 2.05) is 32.9 Å². The average molecular weight is 545 g/mol. The summed E-state index contributed by atoms with van der Waals surface area (Å²) >= 11 is 1.63. The fourth-order valence-corrected chi connectivity index (χ4v) is 4.40. The molecular weight excluding hydrogens is 514 g/mol. The summed E-state index contributed by atoms with van der Waals surface area (Å²) in [5.41, 5.74) is 1.06. The third-order valence-corrected chi connectivity index (χ3v) is 6.22. The Labute approximate surface area is 224 Å². The Bertz CT molecular complexity index is 1290. The maximum Gasteiger partial charge on any atom is 0.407 e. The third-order valence-electron chi connectivity index (χ3n) is 5.19. The van der Waals surface area contributed by atoms with Crippen molar-refractivity contribution in [3.8, 4) is 22.8 Å². The van der Waals surface area contributed by atoms with Gasteiger partial charge in [-0.1, -0.05) is 0 Å². The van der Waals surface area contributed by atoms with Crippen LogP contribution in [0.2, 0.25) is 0 Å². The SMILES string of the molecule is CC(C)(C)OC(=O)NCCSCc1cc2nc(c1)OCCCOc1cc(F)ccc1-c1cc(ncc1F)N2. The summed E-state index contributed by atoms with van der Waals surface area (Å²) in [4.78, 5) is 20.5. The zero-order valence-electron chi connectivity index (χ0n) is 21.5. The molecule has 2 N–H and O–H groups in total. The molecule has 0 aliphatic carbocycles. The molecule has 202 valence electrons. The predicted molar refractivity (Wildman–Crippen MR) is 143 cm³/mol. The Morgan fingerprint density at radius 1 is 1.11 bits per heavy atom. The Morgan fingerprint density at radius 2 is 1.92 bits per heavy atom. The highest BCUT2D eigenvalue weighted by Gasteiger charge is 2.17. The predicted octanol–water partition coefficient (Wildman–Crippen LogP) is 6.08. The van der Waals surface area contributed by atoms with Crippen molar-refractivity contribution < 1.29 is 27.8 Å². The molecule has 3 heterocycles. The molecule has 8 nitrogen and oxygen atoms in total. The van der Waals surface area contributed by atoms with E-state index in [2.05, 4.69) is 20.6 Å². The maximum atomic E-state index is 14.8. The summed E-state index contributed by atoms with van der Waals surface area (Å²) in [7, 11) is 0. The van der Waals surface area contributed by atoms with E-state index in [0.717, 1.165) is 11.8 Å². The van der Waals surface area contributed by atoms with Gasteiger partial charge < -0.3 is 24.8 Å². The molecule has 0 spiro atoms. The highest BCUT2D eigenvalue weighted by atomic mass is 32.2. The number of aromatic nitrogens is 2. The van der Waals surface area contributed by atoms with Gasteiger partial charge in [-0.05, 0) is 50.6 Å². The molecule has 0 radical (unpaired) electrons. The normalized spacial score (nSPS) is 13.2.